The lowest BCUT2D eigenvalue weighted by molar-refractivity contribution is -0.125. The van der Waals surface area contributed by atoms with Crippen LogP contribution in [0.1, 0.15) is 24.5 Å². The van der Waals surface area contributed by atoms with Gasteiger partial charge < -0.3 is 15.4 Å². The third kappa shape index (κ3) is 5.76. The van der Waals surface area contributed by atoms with Crippen LogP contribution < -0.4 is 15.4 Å². The molecule has 5 heteroatoms. The molecule has 5 nitrogen and oxygen atoms in total. The fraction of sp³-hybridized carbons (Fsp3) is 0.258. The fourth-order valence-electron chi connectivity index (χ4n) is 5.05. The van der Waals surface area contributed by atoms with Crippen LogP contribution >= 0.6 is 0 Å². The maximum atomic E-state index is 13.0. The minimum atomic E-state index is -0.144. The van der Waals surface area contributed by atoms with E-state index < -0.39 is 0 Å². The average molecular weight is 480 g/mol. The summed E-state index contributed by atoms with van der Waals surface area (Å²) in [7, 11) is 0. The predicted molar refractivity (Wildman–Crippen MR) is 145 cm³/mol. The molecule has 0 bridgehead atoms. The van der Waals surface area contributed by atoms with Crippen LogP contribution in [0.15, 0.2) is 97.1 Å². The van der Waals surface area contributed by atoms with E-state index in [1.54, 1.807) is 0 Å². The van der Waals surface area contributed by atoms with Crippen molar-refractivity contribution in [2.24, 2.45) is 0 Å². The first-order valence-corrected chi connectivity index (χ1v) is 12.7. The Morgan fingerprint density at radius 2 is 1.67 bits per heavy atom. The normalized spacial score (nSPS) is 17.8. The predicted octanol–water partition coefficient (Wildman–Crippen LogP) is 5.50. The van der Waals surface area contributed by atoms with Crippen LogP contribution in [0.5, 0.6) is 11.5 Å². The van der Waals surface area contributed by atoms with E-state index in [2.05, 4.69) is 70.1 Å². The Balaban J connectivity index is 1.26. The molecule has 4 aromatic rings. The van der Waals surface area contributed by atoms with E-state index in [4.69, 9.17) is 4.74 Å². The van der Waals surface area contributed by atoms with E-state index in [9.17, 15) is 4.79 Å². The molecular weight excluding hydrogens is 446 g/mol. The number of carbonyl (C=O) groups excluding carboxylic acids is 1. The van der Waals surface area contributed by atoms with E-state index in [0.717, 1.165) is 43.1 Å². The van der Waals surface area contributed by atoms with Crippen molar-refractivity contribution in [2.75, 3.05) is 13.1 Å². The van der Waals surface area contributed by atoms with Gasteiger partial charge in [-0.05, 0) is 59.5 Å². The Hall–Kier alpha value is -3.67. The molecule has 2 N–H and O–H groups in total. The SMILES string of the molecule is CCNC(=O)[C@@H]1C[C@H](NCc2cccc(Oc3ccccc3)c2)CN1Cc1cccc2ccccc12. The molecule has 0 aliphatic carbocycles. The number of para-hydroxylation sites is 1. The molecule has 0 saturated carbocycles. The second-order valence-corrected chi connectivity index (χ2v) is 9.35. The number of likely N-dealkylation sites (N-methyl/N-ethyl adjacent to an activating group) is 1. The maximum Gasteiger partial charge on any atom is 0.237 e. The molecule has 0 spiro atoms. The van der Waals surface area contributed by atoms with Crippen molar-refractivity contribution in [1.82, 2.24) is 15.5 Å². The average Bonchev–Trinajstić information content (AvgIpc) is 3.31. The van der Waals surface area contributed by atoms with Gasteiger partial charge >= 0.3 is 0 Å². The zero-order valence-electron chi connectivity index (χ0n) is 20.7. The molecule has 0 radical (unpaired) electrons. The van der Waals surface area contributed by atoms with Gasteiger partial charge in [-0.2, -0.15) is 0 Å². The number of nitrogens with zero attached hydrogens (tertiary/aromatic N) is 1. The Kier molecular flexibility index (Phi) is 7.60. The van der Waals surface area contributed by atoms with Crippen LogP contribution in [0.4, 0.5) is 0 Å². The number of rotatable bonds is 9. The Labute approximate surface area is 213 Å². The second kappa shape index (κ2) is 11.4. The quantitative estimate of drug-likeness (QED) is 0.333. The summed E-state index contributed by atoms with van der Waals surface area (Å²) >= 11 is 0. The van der Waals surface area contributed by atoms with E-state index >= 15 is 0 Å². The molecule has 1 saturated heterocycles. The van der Waals surface area contributed by atoms with Gasteiger partial charge in [0.1, 0.15) is 11.5 Å². The number of carbonyl (C=O) groups is 1. The summed E-state index contributed by atoms with van der Waals surface area (Å²) in [4.78, 5) is 15.3. The number of amides is 1. The van der Waals surface area contributed by atoms with Gasteiger partial charge in [0.15, 0.2) is 0 Å². The van der Waals surface area contributed by atoms with Crippen molar-refractivity contribution < 1.29 is 9.53 Å². The molecule has 36 heavy (non-hydrogen) atoms. The highest BCUT2D eigenvalue weighted by Gasteiger charge is 2.36. The first kappa shape index (κ1) is 24.0. The molecule has 1 amide bonds. The van der Waals surface area contributed by atoms with Crippen molar-refractivity contribution in [3.63, 3.8) is 0 Å². The number of nitrogens with one attached hydrogen (secondary N) is 2. The summed E-state index contributed by atoms with van der Waals surface area (Å²) in [5, 5.41) is 9.22. The van der Waals surface area contributed by atoms with Gasteiger partial charge in [-0.15, -0.1) is 0 Å². The number of hydrogen-bond acceptors (Lipinski definition) is 4. The lowest BCUT2D eigenvalue weighted by Crippen LogP contribution is -2.42. The topological polar surface area (TPSA) is 53.6 Å². The van der Waals surface area contributed by atoms with Gasteiger partial charge in [0.05, 0.1) is 6.04 Å². The molecular formula is C31H33N3O2. The molecule has 1 heterocycles. The van der Waals surface area contributed by atoms with E-state index in [1.807, 2.05) is 49.4 Å². The zero-order valence-corrected chi connectivity index (χ0v) is 20.7. The van der Waals surface area contributed by atoms with Gasteiger partial charge in [-0.1, -0.05) is 72.8 Å². The summed E-state index contributed by atoms with van der Waals surface area (Å²) in [6, 6.07) is 33.0. The van der Waals surface area contributed by atoms with Gasteiger partial charge in [-0.25, -0.2) is 0 Å². The van der Waals surface area contributed by atoms with Crippen molar-refractivity contribution in [1.29, 1.82) is 0 Å². The first-order valence-electron chi connectivity index (χ1n) is 12.7. The summed E-state index contributed by atoms with van der Waals surface area (Å²) in [5.41, 5.74) is 2.42. The highest BCUT2D eigenvalue weighted by molar-refractivity contribution is 5.86. The Morgan fingerprint density at radius 1 is 0.917 bits per heavy atom. The standard InChI is InChI=1S/C31H33N3O2/c1-2-32-31(35)30-19-26(22-34(30)21-25-13-9-12-24-11-6-7-17-29(24)25)33-20-23-10-8-16-28(18-23)36-27-14-4-3-5-15-27/h3-18,26,30,33H,2,19-22H2,1H3,(H,32,35)/t26-,30-/m0/s1. The highest BCUT2D eigenvalue weighted by Crippen LogP contribution is 2.26. The van der Waals surface area contributed by atoms with Gasteiger partial charge in [0, 0.05) is 32.2 Å². The van der Waals surface area contributed by atoms with Crippen LogP contribution in [0.3, 0.4) is 0 Å². The minimum absolute atomic E-state index is 0.111. The third-order valence-corrected chi connectivity index (χ3v) is 6.78. The second-order valence-electron chi connectivity index (χ2n) is 9.35. The van der Waals surface area contributed by atoms with Crippen molar-refractivity contribution in [2.45, 2.75) is 38.5 Å². The lowest BCUT2D eigenvalue weighted by Gasteiger charge is -2.24. The molecule has 2 atom stereocenters. The fourth-order valence-corrected chi connectivity index (χ4v) is 5.05. The first-order chi connectivity index (χ1) is 17.7. The number of benzene rings is 4. The molecule has 1 aliphatic rings. The van der Waals surface area contributed by atoms with Crippen LogP contribution in [0.2, 0.25) is 0 Å². The van der Waals surface area contributed by atoms with Crippen molar-refractivity contribution in [3.8, 4) is 11.5 Å². The number of fused-ring (bicyclic) bond motifs is 1. The molecule has 0 aromatic heterocycles. The smallest absolute Gasteiger partial charge is 0.237 e. The van der Waals surface area contributed by atoms with Crippen LogP contribution in [-0.4, -0.2) is 36.0 Å². The summed E-state index contributed by atoms with van der Waals surface area (Å²) in [6.07, 6.45) is 0.788. The molecule has 0 unspecified atom stereocenters. The monoisotopic (exact) mass is 479 g/mol. The summed E-state index contributed by atoms with van der Waals surface area (Å²) < 4.78 is 6.00. The Morgan fingerprint density at radius 3 is 2.53 bits per heavy atom. The van der Waals surface area contributed by atoms with Gasteiger partial charge in [-0.3, -0.25) is 9.69 Å². The highest BCUT2D eigenvalue weighted by atomic mass is 16.5. The lowest BCUT2D eigenvalue weighted by atomic mass is 10.0. The van der Waals surface area contributed by atoms with Crippen molar-refractivity contribution in [3.05, 3.63) is 108 Å². The largest absolute Gasteiger partial charge is 0.457 e. The molecule has 1 fully saturated rings. The molecule has 184 valence electrons. The Bertz CT molecular complexity index is 1300. The molecule has 5 rings (SSSR count). The molecule has 1 aliphatic heterocycles. The van der Waals surface area contributed by atoms with E-state index in [-0.39, 0.29) is 18.0 Å². The van der Waals surface area contributed by atoms with E-state index in [1.165, 1.54) is 16.3 Å². The maximum absolute atomic E-state index is 13.0. The van der Waals surface area contributed by atoms with Crippen LogP contribution in [-0.2, 0) is 17.9 Å². The number of hydrogen-bond donors (Lipinski definition) is 2. The number of ether oxygens (including phenoxy) is 1. The summed E-state index contributed by atoms with van der Waals surface area (Å²) in [5.74, 6) is 1.76. The van der Waals surface area contributed by atoms with Crippen molar-refractivity contribution >= 4 is 16.7 Å². The van der Waals surface area contributed by atoms with Crippen LogP contribution in [0, 0.1) is 0 Å². The van der Waals surface area contributed by atoms with Gasteiger partial charge in [0.25, 0.3) is 0 Å². The van der Waals surface area contributed by atoms with Crippen LogP contribution in [0.25, 0.3) is 10.8 Å². The molecule has 4 aromatic carbocycles. The number of likely N-dealkylation sites (tertiary alicyclic amines) is 1. The minimum Gasteiger partial charge on any atom is -0.457 e. The zero-order chi connectivity index (χ0) is 24.7. The van der Waals surface area contributed by atoms with Gasteiger partial charge in [0.2, 0.25) is 5.91 Å². The third-order valence-electron chi connectivity index (χ3n) is 6.78. The van der Waals surface area contributed by atoms with E-state index in [0.29, 0.717) is 6.54 Å². The summed E-state index contributed by atoms with van der Waals surface area (Å²) in [6.45, 7) is 4.92.